The van der Waals surface area contributed by atoms with Gasteiger partial charge < -0.3 is 24.3 Å². The highest BCUT2D eigenvalue weighted by atomic mass is 35.5. The molecule has 2 heterocycles. The van der Waals surface area contributed by atoms with Crippen molar-refractivity contribution in [1.29, 1.82) is 0 Å². The number of likely N-dealkylation sites (tertiary alicyclic amines) is 1. The van der Waals surface area contributed by atoms with E-state index in [1.165, 1.54) is 54.9 Å². The number of Topliss-reactive ketones (excluding diaryl/α,β-unsaturated/α-hetero) is 1. The quantitative estimate of drug-likeness (QED) is 0.260. The standard InChI is InChI=1S/C27H26ClF2N3O6/c1-15(34)19-12-32(21-9-17(7-8-18(19)21)39-26(37)38-3)13-23(35)33-14-27(2,30)10-22(33)25(36)31-11-16-5-4-6-20(28)24(16)29/h4-9,12,22H,10-11,13-14H2,1-3H3,(H,31,36)/t22-,27+/m0/s1. The first-order valence-electron chi connectivity index (χ1n) is 12.0. The van der Waals surface area contributed by atoms with Crippen LogP contribution in [0.3, 0.4) is 0 Å². The highest BCUT2D eigenvalue weighted by Gasteiger charge is 2.46. The van der Waals surface area contributed by atoms with E-state index in [0.29, 0.717) is 16.5 Å². The second kappa shape index (κ2) is 11.0. The van der Waals surface area contributed by atoms with Gasteiger partial charge in [0.1, 0.15) is 29.8 Å². The molecule has 2 aromatic carbocycles. The minimum Gasteiger partial charge on any atom is -0.437 e. The third-order valence-corrected chi connectivity index (χ3v) is 6.80. The summed E-state index contributed by atoms with van der Waals surface area (Å²) in [5.74, 6) is -2.02. The van der Waals surface area contributed by atoms with Crippen LogP contribution in [0.25, 0.3) is 10.9 Å². The largest absolute Gasteiger partial charge is 0.513 e. The molecule has 0 radical (unpaired) electrons. The lowest BCUT2D eigenvalue weighted by Gasteiger charge is -2.24. The molecule has 4 rings (SSSR count). The van der Waals surface area contributed by atoms with E-state index >= 15 is 4.39 Å². The van der Waals surface area contributed by atoms with Crippen LogP contribution in [-0.4, -0.2) is 58.6 Å². The number of carbonyl (C=O) groups is 4. The first-order valence-corrected chi connectivity index (χ1v) is 12.4. The molecule has 1 aliphatic rings. The van der Waals surface area contributed by atoms with Crippen LogP contribution >= 0.6 is 11.6 Å². The van der Waals surface area contributed by atoms with E-state index in [1.54, 1.807) is 6.07 Å². The fourth-order valence-corrected chi connectivity index (χ4v) is 4.84. The molecule has 0 aliphatic carbocycles. The van der Waals surface area contributed by atoms with Gasteiger partial charge in [-0.15, -0.1) is 0 Å². The normalized spacial score (nSPS) is 18.7. The highest BCUT2D eigenvalue weighted by molar-refractivity contribution is 6.30. The molecule has 0 bridgehead atoms. The van der Waals surface area contributed by atoms with Crippen LogP contribution in [-0.2, 0) is 27.4 Å². The minimum atomic E-state index is -1.83. The van der Waals surface area contributed by atoms with Crippen LogP contribution in [0.4, 0.5) is 13.6 Å². The Kier molecular flexibility index (Phi) is 7.91. The number of ketones is 1. The monoisotopic (exact) mass is 561 g/mol. The number of halogens is 3. The number of ether oxygens (including phenoxy) is 2. The number of fused-ring (bicyclic) bond motifs is 1. The van der Waals surface area contributed by atoms with Gasteiger partial charge in [-0.05, 0) is 32.0 Å². The van der Waals surface area contributed by atoms with Crippen LogP contribution in [0.15, 0.2) is 42.6 Å². The van der Waals surface area contributed by atoms with Gasteiger partial charge in [0, 0.05) is 41.7 Å². The molecular formula is C27H26ClF2N3O6. The maximum Gasteiger partial charge on any atom is 0.513 e. The molecule has 0 spiro atoms. The van der Waals surface area contributed by atoms with Crippen LogP contribution in [0.5, 0.6) is 5.75 Å². The van der Waals surface area contributed by atoms with E-state index in [2.05, 4.69) is 10.1 Å². The SMILES string of the molecule is COC(=O)Oc1ccc2c(C(C)=O)cn(CC(=O)N3C[C@](C)(F)C[C@H]3C(=O)NCc3cccc(Cl)c3F)c2c1. The molecule has 206 valence electrons. The molecule has 3 aromatic rings. The number of amides is 2. The molecule has 12 heteroatoms. The van der Waals surface area contributed by atoms with Gasteiger partial charge in [0.05, 0.1) is 24.2 Å². The third-order valence-electron chi connectivity index (χ3n) is 6.51. The Morgan fingerprint density at radius 1 is 1.21 bits per heavy atom. The Hall–Kier alpha value is -3.99. The summed E-state index contributed by atoms with van der Waals surface area (Å²) >= 11 is 5.80. The maximum absolute atomic E-state index is 15.1. The first-order chi connectivity index (χ1) is 18.4. The summed E-state index contributed by atoms with van der Waals surface area (Å²) in [5, 5.41) is 2.98. The second-order valence-electron chi connectivity index (χ2n) is 9.55. The summed E-state index contributed by atoms with van der Waals surface area (Å²) in [7, 11) is 1.16. The van der Waals surface area contributed by atoms with Crippen molar-refractivity contribution in [3.8, 4) is 5.75 Å². The molecule has 1 aliphatic heterocycles. The Bertz CT molecular complexity index is 1470. The van der Waals surface area contributed by atoms with Crippen molar-refractivity contribution in [1.82, 2.24) is 14.8 Å². The zero-order chi connectivity index (χ0) is 28.5. The van der Waals surface area contributed by atoms with E-state index in [4.69, 9.17) is 16.3 Å². The summed E-state index contributed by atoms with van der Waals surface area (Å²) in [4.78, 5) is 51.3. The number of benzene rings is 2. The average molecular weight is 562 g/mol. The van der Waals surface area contributed by atoms with Crippen LogP contribution < -0.4 is 10.1 Å². The fraction of sp³-hybridized carbons (Fsp3) is 0.333. The first kappa shape index (κ1) is 28.0. The Morgan fingerprint density at radius 2 is 1.95 bits per heavy atom. The molecular weight excluding hydrogens is 536 g/mol. The maximum atomic E-state index is 15.1. The average Bonchev–Trinajstić information content (AvgIpc) is 3.41. The number of rotatable bonds is 7. The summed E-state index contributed by atoms with van der Waals surface area (Å²) in [6.07, 6.45) is 0.292. The van der Waals surface area contributed by atoms with Gasteiger partial charge in [-0.3, -0.25) is 14.4 Å². The summed E-state index contributed by atoms with van der Waals surface area (Å²) in [5.41, 5.74) is -0.939. The van der Waals surface area contributed by atoms with Gasteiger partial charge in [0.15, 0.2) is 5.78 Å². The number of methoxy groups -OCH3 is 1. The zero-order valence-corrected chi connectivity index (χ0v) is 22.2. The molecule has 1 aromatic heterocycles. The van der Waals surface area contributed by atoms with Crippen molar-refractivity contribution in [3.63, 3.8) is 0 Å². The Morgan fingerprint density at radius 3 is 2.64 bits per heavy atom. The van der Waals surface area contributed by atoms with E-state index in [-0.39, 0.29) is 48.2 Å². The van der Waals surface area contributed by atoms with Crippen LogP contribution in [0, 0.1) is 5.82 Å². The summed E-state index contributed by atoms with van der Waals surface area (Å²) in [6.45, 7) is 1.82. The van der Waals surface area contributed by atoms with E-state index in [0.717, 1.165) is 12.0 Å². The molecule has 2 atom stereocenters. The summed E-state index contributed by atoms with van der Waals surface area (Å²) in [6, 6.07) is 7.76. The topological polar surface area (TPSA) is 107 Å². The number of nitrogens with zero attached hydrogens (tertiary/aromatic N) is 2. The van der Waals surface area contributed by atoms with E-state index in [1.807, 2.05) is 0 Å². The van der Waals surface area contributed by atoms with Gasteiger partial charge in [0.2, 0.25) is 11.8 Å². The van der Waals surface area contributed by atoms with Crippen LogP contribution in [0.2, 0.25) is 5.02 Å². The van der Waals surface area contributed by atoms with Gasteiger partial charge in [-0.1, -0.05) is 23.7 Å². The number of aromatic nitrogens is 1. The van der Waals surface area contributed by atoms with Crippen molar-refractivity contribution in [2.75, 3.05) is 13.7 Å². The van der Waals surface area contributed by atoms with Gasteiger partial charge >= 0.3 is 6.16 Å². The van der Waals surface area contributed by atoms with Gasteiger partial charge in [0.25, 0.3) is 0 Å². The minimum absolute atomic E-state index is 0.0974. The predicted molar refractivity (Wildman–Crippen MR) is 138 cm³/mol. The lowest BCUT2D eigenvalue weighted by molar-refractivity contribution is -0.139. The highest BCUT2D eigenvalue weighted by Crippen LogP contribution is 2.32. The zero-order valence-electron chi connectivity index (χ0n) is 21.4. The van der Waals surface area contributed by atoms with Gasteiger partial charge in [-0.2, -0.15) is 0 Å². The summed E-state index contributed by atoms with van der Waals surface area (Å²) < 4.78 is 40.3. The lowest BCUT2D eigenvalue weighted by atomic mass is 10.0. The van der Waals surface area contributed by atoms with Crippen molar-refractivity contribution in [2.24, 2.45) is 0 Å². The molecule has 9 nitrogen and oxygen atoms in total. The van der Waals surface area contributed by atoms with Crippen molar-refractivity contribution >= 4 is 46.3 Å². The lowest BCUT2D eigenvalue weighted by Crippen LogP contribution is -2.46. The second-order valence-corrected chi connectivity index (χ2v) is 9.95. The number of hydrogen-bond acceptors (Lipinski definition) is 6. The molecule has 1 fully saturated rings. The van der Waals surface area contributed by atoms with E-state index in [9.17, 15) is 23.6 Å². The molecule has 2 amide bonds. The molecule has 1 N–H and O–H groups in total. The van der Waals surface area contributed by atoms with E-state index < -0.39 is 35.5 Å². The number of hydrogen-bond donors (Lipinski definition) is 1. The number of alkyl halides is 1. The number of nitrogens with one attached hydrogen (secondary N) is 1. The molecule has 0 unspecified atom stereocenters. The predicted octanol–water partition coefficient (Wildman–Crippen LogP) is 4.43. The van der Waals surface area contributed by atoms with Gasteiger partial charge in [-0.25, -0.2) is 13.6 Å². The van der Waals surface area contributed by atoms with Crippen molar-refractivity contribution < 1.29 is 37.4 Å². The Balaban J connectivity index is 1.57. The molecule has 0 saturated carbocycles. The van der Waals surface area contributed by atoms with Crippen molar-refractivity contribution in [3.05, 3.63) is 64.6 Å². The Labute approximate surface area is 227 Å². The smallest absolute Gasteiger partial charge is 0.437 e. The third kappa shape index (κ3) is 6.03. The molecule has 1 saturated heterocycles. The fourth-order valence-electron chi connectivity index (χ4n) is 4.65. The van der Waals surface area contributed by atoms with Crippen LogP contribution in [0.1, 0.15) is 36.2 Å². The molecule has 39 heavy (non-hydrogen) atoms. The van der Waals surface area contributed by atoms with Crippen molar-refractivity contribution in [2.45, 2.75) is 45.1 Å². The number of carbonyl (C=O) groups excluding carboxylic acids is 4.